The first-order valence-corrected chi connectivity index (χ1v) is 14.5. The van der Waals surface area contributed by atoms with Gasteiger partial charge in [-0.3, -0.25) is 0 Å². The summed E-state index contributed by atoms with van der Waals surface area (Å²) in [6, 6.07) is 35.2. The van der Waals surface area contributed by atoms with Crippen molar-refractivity contribution in [2.24, 2.45) is 0 Å². The van der Waals surface area contributed by atoms with Crippen LogP contribution in [-0.4, -0.2) is 12.3 Å². The van der Waals surface area contributed by atoms with Crippen LogP contribution in [-0.2, 0) is 21.7 Å². The van der Waals surface area contributed by atoms with Crippen molar-refractivity contribution in [2.45, 2.75) is 46.5 Å². The molecule has 5 rings (SSSR count). The molecule has 0 saturated carbocycles. The van der Waals surface area contributed by atoms with Gasteiger partial charge in [0.25, 0.3) is 0 Å². The van der Waals surface area contributed by atoms with E-state index < -0.39 is 0 Å². The molecule has 0 spiro atoms. The predicted molar refractivity (Wildman–Crippen MR) is 155 cm³/mol. The third-order valence-electron chi connectivity index (χ3n) is 6.51. The monoisotopic (exact) mass is 582 g/mol. The summed E-state index contributed by atoms with van der Waals surface area (Å²) in [7, 11) is 0.0856. The topological polar surface area (TPSA) is 0 Å². The molecule has 5 aromatic carbocycles. The zero-order valence-corrected chi connectivity index (χ0v) is 26.2. The van der Waals surface area contributed by atoms with E-state index in [4.69, 9.17) is 0 Å². The second kappa shape index (κ2) is 17.2. The van der Waals surface area contributed by atoms with E-state index in [1.54, 1.807) is 5.30 Å². The maximum absolute atomic E-state index is 2.44. The molecule has 0 N–H and O–H groups in total. The van der Waals surface area contributed by atoms with Crippen molar-refractivity contribution < 1.29 is 46.5 Å². The summed E-state index contributed by atoms with van der Waals surface area (Å²) in [6.07, 6.45) is 8.26. The number of hydrogen-bond acceptors (Lipinski definition) is 0. The van der Waals surface area contributed by atoms with Gasteiger partial charge in [0.15, 0.2) is 0 Å². The van der Waals surface area contributed by atoms with Crippen LogP contribution in [0.15, 0.2) is 97.1 Å². The Morgan fingerprint density at radius 3 is 1.95 bits per heavy atom. The summed E-state index contributed by atoms with van der Waals surface area (Å²) in [5.74, 6) is 0. The van der Waals surface area contributed by atoms with Crippen molar-refractivity contribution in [1.82, 2.24) is 0 Å². The van der Waals surface area contributed by atoms with Gasteiger partial charge in [-0.05, 0) is 30.7 Å². The zero-order valence-electron chi connectivity index (χ0n) is 22.2. The summed E-state index contributed by atoms with van der Waals surface area (Å²) >= 11 is 0. The number of unbranched alkanes of at least 4 members (excludes halogenated alkanes) is 2. The number of hydrogen-bond donors (Lipinski definition) is 0. The molecule has 0 atom stereocenters. The summed E-state index contributed by atoms with van der Waals surface area (Å²) in [5, 5.41) is 7.17. The Labute approximate surface area is 252 Å². The maximum atomic E-state index is 2.44. The maximum Gasteiger partial charge on any atom is 4.00 e. The molecule has 4 heteroatoms. The van der Waals surface area contributed by atoms with Crippen LogP contribution >= 0.6 is 7.92 Å². The molecule has 0 fully saturated rings. The predicted octanol–water partition coefficient (Wildman–Crippen LogP) is 3.81. The third-order valence-corrected chi connectivity index (χ3v) is 9.21. The Balaban J connectivity index is 0.000000344. The van der Waals surface area contributed by atoms with Gasteiger partial charge in [0.05, 0.1) is 0 Å². The van der Waals surface area contributed by atoms with Crippen LogP contribution in [0.3, 0.4) is 0 Å². The van der Waals surface area contributed by atoms with Gasteiger partial charge < -0.3 is 24.8 Å². The van der Waals surface area contributed by atoms with Gasteiger partial charge in [0.2, 0.25) is 0 Å². The zero-order chi connectivity index (χ0) is 23.8. The van der Waals surface area contributed by atoms with Crippen LogP contribution in [0.2, 0.25) is 0 Å². The molecule has 0 heterocycles. The second-order valence-electron chi connectivity index (χ2n) is 9.24. The van der Waals surface area contributed by atoms with Crippen molar-refractivity contribution in [3.05, 3.63) is 103 Å². The van der Waals surface area contributed by atoms with Crippen molar-refractivity contribution in [1.29, 1.82) is 0 Å². The number of aryl methyl sites for hydroxylation is 1. The normalized spacial score (nSPS) is 10.3. The molecule has 0 unspecified atom stereocenters. The molecular formula is C33H37Cl2PTi. The van der Waals surface area contributed by atoms with Crippen molar-refractivity contribution in [3.8, 4) is 11.1 Å². The van der Waals surface area contributed by atoms with Crippen molar-refractivity contribution in [2.75, 3.05) is 12.3 Å². The van der Waals surface area contributed by atoms with Gasteiger partial charge in [-0.1, -0.05) is 89.6 Å². The van der Waals surface area contributed by atoms with E-state index in [9.17, 15) is 0 Å². The third kappa shape index (κ3) is 9.09. The molecule has 0 saturated heterocycles. The molecule has 0 amide bonds. The Hall–Kier alpha value is -1.40. The standard InChI is InChI=1S/C17H24P.C16H13.2ClH.Ti/c1-3-5-11-18(12-6-4-2)17-13-15-9-7-8-10-16(15)14-17;1-12-10-14-8-5-9-15(16(14)11-12)13-6-3-2-4-7-13;;;/h7-10,13-14H,3-6,11-12H2,1-2H3;2-11H,1H3;2*1H;/q2*-1;;;+4/p-2. The minimum Gasteiger partial charge on any atom is -1.00 e. The van der Waals surface area contributed by atoms with E-state index in [1.807, 2.05) is 0 Å². The van der Waals surface area contributed by atoms with Crippen LogP contribution in [0.5, 0.6) is 0 Å². The van der Waals surface area contributed by atoms with Crippen molar-refractivity contribution >= 4 is 34.8 Å². The van der Waals surface area contributed by atoms with Crippen LogP contribution < -0.4 is 30.1 Å². The van der Waals surface area contributed by atoms with Gasteiger partial charge in [-0.25, -0.2) is 0 Å². The Bertz CT molecular complexity index is 1260. The van der Waals surface area contributed by atoms with E-state index in [-0.39, 0.29) is 54.5 Å². The molecule has 5 aromatic rings. The summed E-state index contributed by atoms with van der Waals surface area (Å²) in [5.41, 5.74) is 3.95. The summed E-state index contributed by atoms with van der Waals surface area (Å²) in [6.45, 7) is 6.75. The first-order valence-electron chi connectivity index (χ1n) is 12.8. The Kier molecular flexibility index (Phi) is 15.7. The fraction of sp³-hybridized carbons (Fsp3) is 0.273. The molecule has 0 aliphatic heterocycles. The number of benzene rings is 3. The first-order chi connectivity index (χ1) is 16.7. The van der Waals surface area contributed by atoms with Crippen molar-refractivity contribution in [3.63, 3.8) is 0 Å². The van der Waals surface area contributed by atoms with Gasteiger partial charge in [-0.15, -0.1) is 74.9 Å². The average Bonchev–Trinajstić information content (AvgIpc) is 3.47. The molecule has 0 aromatic heterocycles. The van der Waals surface area contributed by atoms with Gasteiger partial charge >= 0.3 is 21.7 Å². The molecule has 0 aliphatic rings. The van der Waals surface area contributed by atoms with Gasteiger partial charge in [-0.2, -0.15) is 12.1 Å². The number of rotatable bonds is 8. The average molecular weight is 583 g/mol. The van der Waals surface area contributed by atoms with Crippen LogP contribution in [0, 0.1) is 6.92 Å². The van der Waals surface area contributed by atoms with Gasteiger partial charge in [0.1, 0.15) is 0 Å². The minimum atomic E-state index is 0. The smallest absolute Gasteiger partial charge is 1.00 e. The van der Waals surface area contributed by atoms with Gasteiger partial charge in [0, 0.05) is 0 Å². The molecule has 192 valence electrons. The van der Waals surface area contributed by atoms with Crippen LogP contribution in [0.25, 0.3) is 32.7 Å². The fourth-order valence-corrected chi connectivity index (χ4v) is 7.42. The molecular weight excluding hydrogens is 546 g/mol. The fourth-order valence-electron chi connectivity index (χ4n) is 4.64. The van der Waals surface area contributed by atoms with Crippen LogP contribution in [0.4, 0.5) is 0 Å². The Morgan fingerprint density at radius 1 is 0.676 bits per heavy atom. The SMILES string of the molecule is CCCCP(CCCC)c1cc2ccccc2[cH-]1.Cc1cc2c(-c3ccccc3)cccc2[cH-]1.[Cl-].[Cl-].[Ti+4]. The first kappa shape index (κ1) is 33.6. The number of fused-ring (bicyclic) bond motifs is 2. The molecule has 37 heavy (non-hydrogen) atoms. The molecule has 0 bridgehead atoms. The second-order valence-corrected chi connectivity index (χ2v) is 11.7. The Morgan fingerprint density at radius 2 is 1.30 bits per heavy atom. The summed E-state index contributed by atoms with van der Waals surface area (Å²) < 4.78 is 0. The molecule has 0 nitrogen and oxygen atoms in total. The number of halogens is 2. The minimum absolute atomic E-state index is 0. The van der Waals surface area contributed by atoms with E-state index in [2.05, 4.69) is 118 Å². The van der Waals surface area contributed by atoms with E-state index >= 15 is 0 Å². The molecule has 0 aliphatic carbocycles. The molecule has 0 radical (unpaired) electrons. The summed E-state index contributed by atoms with van der Waals surface area (Å²) in [4.78, 5) is 0. The largest absolute Gasteiger partial charge is 4.00 e. The van der Waals surface area contributed by atoms with E-state index in [0.717, 1.165) is 0 Å². The van der Waals surface area contributed by atoms with E-state index in [0.29, 0.717) is 0 Å². The quantitative estimate of drug-likeness (QED) is 0.148. The van der Waals surface area contributed by atoms with Crippen LogP contribution in [0.1, 0.15) is 45.1 Å². The van der Waals surface area contributed by atoms with E-state index in [1.165, 1.54) is 76.2 Å².